The summed E-state index contributed by atoms with van der Waals surface area (Å²) in [4.78, 5) is 16.2. The summed E-state index contributed by atoms with van der Waals surface area (Å²) in [6.45, 7) is 3.68. The average Bonchev–Trinajstić information content (AvgIpc) is 2.87. The zero-order chi connectivity index (χ0) is 15.4. The number of esters is 1. The van der Waals surface area contributed by atoms with Crippen LogP contribution in [0, 0.1) is 0 Å². The van der Waals surface area contributed by atoms with Gasteiger partial charge in [0, 0.05) is 18.2 Å². The van der Waals surface area contributed by atoms with Crippen LogP contribution in [-0.2, 0) is 21.4 Å². The van der Waals surface area contributed by atoms with E-state index in [9.17, 15) is 18.0 Å². The molecule has 0 aliphatic rings. The molecule has 0 atom stereocenters. The van der Waals surface area contributed by atoms with Crippen molar-refractivity contribution >= 4 is 17.3 Å². The SMILES string of the molecule is CCC(CC)(C(=O)OC)c1csc(CCC(F)(F)F)n1. The van der Waals surface area contributed by atoms with Crippen LogP contribution in [0.5, 0.6) is 0 Å². The monoisotopic (exact) mass is 309 g/mol. The van der Waals surface area contributed by atoms with Crippen LogP contribution in [0.2, 0.25) is 0 Å². The van der Waals surface area contributed by atoms with Gasteiger partial charge in [-0.3, -0.25) is 4.79 Å². The molecule has 1 rings (SSSR count). The highest BCUT2D eigenvalue weighted by molar-refractivity contribution is 7.09. The van der Waals surface area contributed by atoms with Crippen molar-refractivity contribution in [1.29, 1.82) is 0 Å². The van der Waals surface area contributed by atoms with E-state index in [4.69, 9.17) is 4.74 Å². The molecule has 0 bridgehead atoms. The van der Waals surface area contributed by atoms with E-state index in [1.54, 1.807) is 5.38 Å². The molecule has 0 fully saturated rings. The number of hydrogen-bond acceptors (Lipinski definition) is 4. The fraction of sp³-hybridized carbons (Fsp3) is 0.692. The molecule has 0 saturated heterocycles. The van der Waals surface area contributed by atoms with Crippen molar-refractivity contribution < 1.29 is 22.7 Å². The Morgan fingerprint density at radius 3 is 2.40 bits per heavy atom. The molecule has 20 heavy (non-hydrogen) atoms. The normalized spacial score (nSPS) is 12.5. The zero-order valence-corrected chi connectivity index (χ0v) is 12.5. The van der Waals surface area contributed by atoms with Gasteiger partial charge in [0.25, 0.3) is 0 Å². The van der Waals surface area contributed by atoms with Gasteiger partial charge < -0.3 is 4.74 Å². The molecule has 0 aliphatic heterocycles. The number of nitrogens with zero attached hydrogens (tertiary/aromatic N) is 1. The molecular weight excluding hydrogens is 291 g/mol. The minimum absolute atomic E-state index is 0.154. The number of carbonyl (C=O) groups excluding carboxylic acids is 1. The maximum Gasteiger partial charge on any atom is 0.389 e. The van der Waals surface area contributed by atoms with Crippen LogP contribution >= 0.6 is 11.3 Å². The third kappa shape index (κ3) is 3.71. The van der Waals surface area contributed by atoms with Crippen molar-refractivity contribution in [1.82, 2.24) is 4.98 Å². The standard InChI is InChI=1S/C13H18F3NO2S/c1-4-12(5-2,11(18)19-3)9-8-20-10(17-9)6-7-13(14,15)16/h8H,4-7H2,1-3H3. The first kappa shape index (κ1) is 16.9. The largest absolute Gasteiger partial charge is 0.468 e. The quantitative estimate of drug-likeness (QED) is 0.749. The number of aromatic nitrogens is 1. The first-order valence-electron chi connectivity index (χ1n) is 6.39. The Bertz CT molecular complexity index is 453. The molecule has 0 radical (unpaired) electrons. The predicted molar refractivity (Wildman–Crippen MR) is 70.8 cm³/mol. The lowest BCUT2D eigenvalue weighted by molar-refractivity contribution is -0.148. The van der Waals surface area contributed by atoms with E-state index in [2.05, 4.69) is 4.98 Å². The Morgan fingerprint density at radius 1 is 1.35 bits per heavy atom. The van der Waals surface area contributed by atoms with Gasteiger partial charge in [0.1, 0.15) is 5.41 Å². The Labute approximate surface area is 120 Å². The van der Waals surface area contributed by atoms with Crippen molar-refractivity contribution in [2.24, 2.45) is 0 Å². The first-order valence-corrected chi connectivity index (χ1v) is 7.27. The molecule has 3 nitrogen and oxygen atoms in total. The van der Waals surface area contributed by atoms with E-state index in [1.165, 1.54) is 7.11 Å². The van der Waals surface area contributed by atoms with Crippen LogP contribution in [0.15, 0.2) is 5.38 Å². The summed E-state index contributed by atoms with van der Waals surface area (Å²) in [5.41, 5.74) is -0.349. The minimum Gasteiger partial charge on any atom is -0.468 e. The summed E-state index contributed by atoms with van der Waals surface area (Å²) in [5.74, 6) is -0.393. The van der Waals surface area contributed by atoms with Gasteiger partial charge in [-0.2, -0.15) is 13.2 Å². The van der Waals surface area contributed by atoms with Crippen molar-refractivity contribution in [2.45, 2.75) is 51.1 Å². The molecule has 0 aromatic carbocycles. The van der Waals surface area contributed by atoms with Gasteiger partial charge >= 0.3 is 12.1 Å². The van der Waals surface area contributed by atoms with Gasteiger partial charge in [0.15, 0.2) is 0 Å². The zero-order valence-electron chi connectivity index (χ0n) is 11.7. The Kier molecular flexibility index (Phi) is 5.56. The second-order valence-electron chi connectivity index (χ2n) is 4.52. The number of methoxy groups -OCH3 is 1. The smallest absolute Gasteiger partial charge is 0.389 e. The first-order chi connectivity index (χ1) is 9.29. The van der Waals surface area contributed by atoms with E-state index in [1.807, 2.05) is 13.8 Å². The van der Waals surface area contributed by atoms with Gasteiger partial charge in [-0.15, -0.1) is 11.3 Å². The Hall–Kier alpha value is -1.11. The third-order valence-electron chi connectivity index (χ3n) is 3.45. The molecule has 114 valence electrons. The van der Waals surface area contributed by atoms with Crippen LogP contribution in [0.1, 0.15) is 43.8 Å². The lowest BCUT2D eigenvalue weighted by Gasteiger charge is -2.26. The average molecular weight is 309 g/mol. The van der Waals surface area contributed by atoms with Crippen molar-refractivity contribution in [2.75, 3.05) is 7.11 Å². The summed E-state index contributed by atoms with van der Waals surface area (Å²) in [6.07, 6.45) is -4.25. The number of ether oxygens (including phenoxy) is 1. The fourth-order valence-corrected chi connectivity index (χ4v) is 2.99. The number of halogens is 3. The number of hydrogen-bond donors (Lipinski definition) is 0. The number of aryl methyl sites for hydroxylation is 1. The number of thiazole rings is 1. The van der Waals surface area contributed by atoms with Gasteiger partial charge in [-0.1, -0.05) is 13.8 Å². The highest BCUT2D eigenvalue weighted by Crippen LogP contribution is 2.34. The molecule has 0 unspecified atom stereocenters. The lowest BCUT2D eigenvalue weighted by Crippen LogP contribution is -2.36. The summed E-state index contributed by atoms with van der Waals surface area (Å²) in [7, 11) is 1.30. The summed E-state index contributed by atoms with van der Waals surface area (Å²) >= 11 is 1.16. The topological polar surface area (TPSA) is 39.2 Å². The summed E-state index contributed by atoms with van der Waals surface area (Å²) in [6, 6.07) is 0. The molecule has 1 aromatic rings. The van der Waals surface area contributed by atoms with Gasteiger partial charge in [-0.05, 0) is 12.8 Å². The van der Waals surface area contributed by atoms with Crippen LogP contribution < -0.4 is 0 Å². The molecule has 0 saturated carbocycles. The maximum atomic E-state index is 12.2. The van der Waals surface area contributed by atoms with E-state index in [0.29, 0.717) is 23.5 Å². The Morgan fingerprint density at radius 2 is 1.95 bits per heavy atom. The van der Waals surface area contributed by atoms with E-state index in [0.717, 1.165) is 11.3 Å². The third-order valence-corrected chi connectivity index (χ3v) is 4.36. The summed E-state index contributed by atoms with van der Waals surface area (Å²) in [5, 5.41) is 2.06. The molecule has 1 heterocycles. The molecule has 0 N–H and O–H groups in total. The second-order valence-corrected chi connectivity index (χ2v) is 5.47. The maximum absolute atomic E-state index is 12.2. The number of alkyl halides is 3. The van der Waals surface area contributed by atoms with E-state index in [-0.39, 0.29) is 6.42 Å². The molecule has 1 aromatic heterocycles. The van der Waals surface area contributed by atoms with Gasteiger partial charge in [0.2, 0.25) is 0 Å². The molecule has 0 aliphatic carbocycles. The van der Waals surface area contributed by atoms with Crippen molar-refractivity contribution in [3.8, 4) is 0 Å². The van der Waals surface area contributed by atoms with Crippen LogP contribution in [0.4, 0.5) is 13.2 Å². The van der Waals surface area contributed by atoms with Crippen molar-refractivity contribution in [3.05, 3.63) is 16.1 Å². The highest BCUT2D eigenvalue weighted by Gasteiger charge is 2.40. The summed E-state index contributed by atoms with van der Waals surface area (Å²) < 4.78 is 41.4. The molecule has 0 amide bonds. The molecule has 0 spiro atoms. The minimum atomic E-state index is -4.19. The fourth-order valence-electron chi connectivity index (χ4n) is 2.10. The lowest BCUT2D eigenvalue weighted by atomic mass is 9.80. The van der Waals surface area contributed by atoms with Crippen LogP contribution in [0.3, 0.4) is 0 Å². The second kappa shape index (κ2) is 6.56. The van der Waals surface area contributed by atoms with Gasteiger partial charge in [0.05, 0.1) is 17.8 Å². The van der Waals surface area contributed by atoms with E-state index < -0.39 is 24.0 Å². The van der Waals surface area contributed by atoms with Crippen LogP contribution in [-0.4, -0.2) is 24.2 Å². The van der Waals surface area contributed by atoms with Crippen molar-refractivity contribution in [3.63, 3.8) is 0 Å². The predicted octanol–water partition coefficient (Wildman–Crippen LogP) is 3.87. The van der Waals surface area contributed by atoms with E-state index >= 15 is 0 Å². The Balaban J connectivity index is 2.95. The molecule has 7 heteroatoms. The number of rotatable bonds is 6. The molecular formula is C13H18F3NO2S. The highest BCUT2D eigenvalue weighted by atomic mass is 32.1. The number of carbonyl (C=O) groups is 1. The van der Waals surface area contributed by atoms with Crippen LogP contribution in [0.25, 0.3) is 0 Å². The van der Waals surface area contributed by atoms with Gasteiger partial charge in [-0.25, -0.2) is 4.98 Å².